The van der Waals surface area contributed by atoms with Gasteiger partial charge in [0.05, 0.1) is 18.2 Å². The van der Waals surface area contributed by atoms with Crippen molar-refractivity contribution >= 4 is 34.7 Å². The molecule has 0 spiro atoms. The Hall–Kier alpha value is -3.77. The Morgan fingerprint density at radius 1 is 0.971 bits per heavy atom. The van der Waals surface area contributed by atoms with Crippen LogP contribution in [0.1, 0.15) is 31.0 Å². The molecule has 1 aliphatic heterocycles. The summed E-state index contributed by atoms with van der Waals surface area (Å²) in [7, 11) is 0. The molecule has 3 aromatic carbocycles. The first kappa shape index (κ1) is 23.4. The monoisotopic (exact) mass is 477 g/mol. The predicted octanol–water partition coefficient (Wildman–Crippen LogP) is 5.71. The fourth-order valence-electron chi connectivity index (χ4n) is 3.80. The Kier molecular flexibility index (Phi) is 6.61. The Morgan fingerprint density at radius 2 is 1.59 bits per heavy atom. The SMILES string of the molecule is CC(C)COc1ccc(/C(O)=C2\C(=O)C(=O)N(c3ccc(Cl)cc3)C2c2ccc(O)cc2)cc1. The van der Waals surface area contributed by atoms with Crippen LogP contribution in [0.5, 0.6) is 11.5 Å². The van der Waals surface area contributed by atoms with Crippen molar-refractivity contribution in [1.82, 2.24) is 0 Å². The Balaban J connectivity index is 1.81. The van der Waals surface area contributed by atoms with Gasteiger partial charge in [-0.25, -0.2) is 0 Å². The number of halogens is 1. The van der Waals surface area contributed by atoms with Crippen molar-refractivity contribution in [2.24, 2.45) is 5.92 Å². The number of aromatic hydroxyl groups is 1. The molecule has 0 bridgehead atoms. The fraction of sp³-hybridized carbons (Fsp3) is 0.185. The van der Waals surface area contributed by atoms with E-state index < -0.39 is 17.7 Å². The number of amides is 1. The molecule has 1 saturated heterocycles. The molecule has 7 heteroatoms. The molecule has 0 aromatic heterocycles. The van der Waals surface area contributed by atoms with E-state index in [0.29, 0.717) is 40.1 Å². The zero-order valence-corrected chi connectivity index (χ0v) is 19.5. The molecule has 34 heavy (non-hydrogen) atoms. The van der Waals surface area contributed by atoms with Gasteiger partial charge in [0.2, 0.25) is 0 Å². The summed E-state index contributed by atoms with van der Waals surface area (Å²) in [5.74, 6) is -0.804. The number of rotatable bonds is 6. The first-order chi connectivity index (χ1) is 16.3. The number of aliphatic hydroxyl groups excluding tert-OH is 1. The zero-order valence-electron chi connectivity index (χ0n) is 18.7. The van der Waals surface area contributed by atoms with Crippen molar-refractivity contribution in [2.75, 3.05) is 11.5 Å². The third kappa shape index (κ3) is 4.63. The average molecular weight is 478 g/mol. The number of anilines is 1. The molecule has 0 saturated carbocycles. The van der Waals surface area contributed by atoms with Gasteiger partial charge in [0, 0.05) is 16.3 Å². The third-order valence-corrected chi connectivity index (χ3v) is 5.72. The topological polar surface area (TPSA) is 87.1 Å². The van der Waals surface area contributed by atoms with E-state index in [1.807, 2.05) is 13.8 Å². The summed E-state index contributed by atoms with van der Waals surface area (Å²) in [6, 6.07) is 18.5. The maximum Gasteiger partial charge on any atom is 0.300 e. The summed E-state index contributed by atoms with van der Waals surface area (Å²) in [6.07, 6.45) is 0. The third-order valence-electron chi connectivity index (χ3n) is 5.47. The van der Waals surface area contributed by atoms with Crippen molar-refractivity contribution in [3.63, 3.8) is 0 Å². The summed E-state index contributed by atoms with van der Waals surface area (Å²) in [6.45, 7) is 4.64. The lowest BCUT2D eigenvalue weighted by atomic mass is 9.95. The first-order valence-electron chi connectivity index (χ1n) is 10.8. The van der Waals surface area contributed by atoms with E-state index in [2.05, 4.69) is 0 Å². The zero-order chi connectivity index (χ0) is 24.4. The Morgan fingerprint density at radius 3 is 2.18 bits per heavy atom. The van der Waals surface area contributed by atoms with Crippen LogP contribution in [-0.4, -0.2) is 28.5 Å². The van der Waals surface area contributed by atoms with Crippen molar-refractivity contribution < 1.29 is 24.5 Å². The number of ether oxygens (including phenoxy) is 1. The predicted molar refractivity (Wildman–Crippen MR) is 131 cm³/mol. The smallest absolute Gasteiger partial charge is 0.300 e. The van der Waals surface area contributed by atoms with Crippen LogP contribution in [0.4, 0.5) is 5.69 Å². The molecule has 6 nitrogen and oxygen atoms in total. The van der Waals surface area contributed by atoms with Crippen molar-refractivity contribution in [2.45, 2.75) is 19.9 Å². The van der Waals surface area contributed by atoms with Crippen molar-refractivity contribution in [1.29, 1.82) is 0 Å². The van der Waals surface area contributed by atoms with Crippen LogP contribution in [0.25, 0.3) is 5.76 Å². The molecule has 0 radical (unpaired) electrons. The fourth-order valence-corrected chi connectivity index (χ4v) is 3.93. The molecular weight excluding hydrogens is 454 g/mol. The molecule has 1 amide bonds. The van der Waals surface area contributed by atoms with Gasteiger partial charge in [-0.15, -0.1) is 0 Å². The summed E-state index contributed by atoms with van der Waals surface area (Å²) in [5.41, 5.74) is 1.36. The number of hydrogen-bond acceptors (Lipinski definition) is 5. The summed E-state index contributed by atoms with van der Waals surface area (Å²) in [5, 5.41) is 21.4. The molecule has 174 valence electrons. The van der Waals surface area contributed by atoms with Crippen LogP contribution < -0.4 is 9.64 Å². The molecule has 2 N–H and O–H groups in total. The molecule has 1 fully saturated rings. The van der Waals surface area contributed by atoms with Crippen molar-refractivity contribution in [3.05, 3.63) is 94.5 Å². The van der Waals surface area contributed by atoms with Gasteiger partial charge in [-0.05, 0) is 72.1 Å². The second-order valence-electron chi connectivity index (χ2n) is 8.47. The first-order valence-corrected chi connectivity index (χ1v) is 11.2. The van der Waals surface area contributed by atoms with Crippen LogP contribution in [0, 0.1) is 5.92 Å². The number of phenols is 1. The van der Waals surface area contributed by atoms with Gasteiger partial charge in [0.25, 0.3) is 11.7 Å². The number of ketones is 1. The number of hydrogen-bond donors (Lipinski definition) is 2. The number of phenolic OH excluding ortho intramolecular Hbond substituents is 1. The molecule has 0 aliphatic carbocycles. The highest BCUT2D eigenvalue weighted by Gasteiger charge is 2.46. The molecule has 1 unspecified atom stereocenters. The molecule has 1 heterocycles. The highest BCUT2D eigenvalue weighted by atomic mass is 35.5. The minimum Gasteiger partial charge on any atom is -0.508 e. The largest absolute Gasteiger partial charge is 0.508 e. The number of carbonyl (C=O) groups is 2. The molecule has 4 rings (SSSR count). The summed E-state index contributed by atoms with van der Waals surface area (Å²) >= 11 is 6.01. The van der Waals surface area contributed by atoms with E-state index in [0.717, 1.165) is 0 Å². The van der Waals surface area contributed by atoms with Crippen LogP contribution in [0.3, 0.4) is 0 Å². The Labute approximate surface area is 202 Å². The average Bonchev–Trinajstić information content (AvgIpc) is 3.09. The number of benzene rings is 3. The maximum atomic E-state index is 13.2. The van der Waals surface area contributed by atoms with E-state index in [1.165, 1.54) is 17.0 Å². The van der Waals surface area contributed by atoms with Crippen molar-refractivity contribution in [3.8, 4) is 11.5 Å². The van der Waals surface area contributed by atoms with E-state index in [-0.39, 0.29) is 17.1 Å². The van der Waals surface area contributed by atoms with Gasteiger partial charge in [-0.2, -0.15) is 0 Å². The second-order valence-corrected chi connectivity index (χ2v) is 8.90. The lowest BCUT2D eigenvalue weighted by Crippen LogP contribution is -2.29. The number of carbonyl (C=O) groups excluding carboxylic acids is 2. The minimum atomic E-state index is -0.890. The van der Waals surface area contributed by atoms with E-state index in [4.69, 9.17) is 16.3 Å². The quantitative estimate of drug-likeness (QED) is 0.270. The number of nitrogens with zero attached hydrogens (tertiary/aromatic N) is 1. The Bertz CT molecular complexity index is 1230. The van der Waals surface area contributed by atoms with Gasteiger partial charge in [0.1, 0.15) is 17.3 Å². The highest BCUT2D eigenvalue weighted by Crippen LogP contribution is 2.42. The number of Topliss-reactive ketones (excluding diaryl/α,β-unsaturated/α-hetero) is 1. The molecule has 1 atom stereocenters. The van der Waals surface area contributed by atoms with E-state index in [1.54, 1.807) is 60.7 Å². The van der Waals surface area contributed by atoms with Gasteiger partial charge in [-0.3, -0.25) is 14.5 Å². The normalized spacial score (nSPS) is 17.4. The summed E-state index contributed by atoms with van der Waals surface area (Å²) < 4.78 is 5.69. The maximum absolute atomic E-state index is 13.2. The second kappa shape index (κ2) is 9.61. The molecular formula is C27H24ClNO5. The number of aliphatic hydroxyl groups is 1. The summed E-state index contributed by atoms with van der Waals surface area (Å²) in [4.78, 5) is 27.6. The standard InChI is InChI=1S/C27H24ClNO5/c1-16(2)15-34-22-13-5-18(6-14-22)25(31)23-24(17-3-11-21(30)12-4-17)29(27(33)26(23)32)20-9-7-19(28)8-10-20/h3-14,16,24,30-31H,15H2,1-2H3/b25-23+. The van der Waals surface area contributed by atoms with Gasteiger partial charge in [0.15, 0.2) is 0 Å². The molecule has 1 aliphatic rings. The van der Waals surface area contributed by atoms with Gasteiger partial charge >= 0.3 is 0 Å². The lowest BCUT2D eigenvalue weighted by molar-refractivity contribution is -0.132. The lowest BCUT2D eigenvalue weighted by Gasteiger charge is -2.25. The van der Waals surface area contributed by atoms with Gasteiger partial charge < -0.3 is 14.9 Å². The highest BCUT2D eigenvalue weighted by molar-refractivity contribution is 6.51. The van der Waals surface area contributed by atoms with E-state index in [9.17, 15) is 19.8 Å². The minimum absolute atomic E-state index is 0.0403. The van der Waals surface area contributed by atoms with Crippen LogP contribution in [0.15, 0.2) is 78.4 Å². The van der Waals surface area contributed by atoms with Crippen LogP contribution >= 0.6 is 11.6 Å². The van der Waals surface area contributed by atoms with Crippen LogP contribution in [0.2, 0.25) is 5.02 Å². The van der Waals surface area contributed by atoms with Crippen LogP contribution in [-0.2, 0) is 9.59 Å². The molecule has 3 aromatic rings. The van der Waals surface area contributed by atoms with Gasteiger partial charge in [-0.1, -0.05) is 37.6 Å². The van der Waals surface area contributed by atoms with E-state index >= 15 is 0 Å².